The molecule has 130 valence electrons. The molecule has 10 heteroatoms. The highest BCUT2D eigenvalue weighted by Gasteiger charge is 2.24. The van der Waals surface area contributed by atoms with Gasteiger partial charge in [-0.15, -0.1) is 12.4 Å². The number of halogens is 1. The molecule has 0 aromatic carbocycles. The molecule has 0 aliphatic carbocycles. The van der Waals surface area contributed by atoms with Crippen LogP contribution < -0.4 is 10.6 Å². The molecule has 0 saturated heterocycles. The third-order valence-corrected chi connectivity index (χ3v) is 4.64. The van der Waals surface area contributed by atoms with Crippen molar-refractivity contribution < 1.29 is 14.3 Å². The number of nitrogens with zero attached hydrogens (tertiary/aromatic N) is 2. The van der Waals surface area contributed by atoms with Crippen molar-refractivity contribution in [1.29, 1.82) is 0 Å². The highest BCUT2D eigenvalue weighted by Crippen LogP contribution is 2.25. The molecule has 0 fully saturated rings. The minimum Gasteiger partial charge on any atom is -0.465 e. The number of hydrogen-bond acceptors (Lipinski definition) is 7. The molecular formula is C14H18ClN5O3S. The topological polar surface area (TPSA) is 109 Å². The average molecular weight is 372 g/mol. The van der Waals surface area contributed by atoms with E-state index in [0.717, 1.165) is 35.6 Å². The van der Waals surface area contributed by atoms with E-state index in [1.165, 1.54) is 7.11 Å². The molecule has 1 amide bonds. The van der Waals surface area contributed by atoms with E-state index in [9.17, 15) is 9.59 Å². The summed E-state index contributed by atoms with van der Waals surface area (Å²) in [4.78, 5) is 28.9. The number of ether oxygens (including phenoxy) is 1. The largest absolute Gasteiger partial charge is 0.465 e. The Balaban J connectivity index is 0.00000208. The van der Waals surface area contributed by atoms with Gasteiger partial charge in [0, 0.05) is 30.8 Å². The van der Waals surface area contributed by atoms with Gasteiger partial charge in [0.1, 0.15) is 4.88 Å². The summed E-state index contributed by atoms with van der Waals surface area (Å²) in [7, 11) is 1.32. The molecule has 1 aliphatic rings. The molecule has 3 N–H and O–H groups in total. The molecule has 0 saturated carbocycles. The number of aromatic nitrogens is 3. The van der Waals surface area contributed by atoms with Gasteiger partial charge in [-0.3, -0.25) is 15.2 Å². The standard InChI is InChI=1S/C14H17N5O3S.ClH/c1-3-8-11(13(21)22-2)23-14(16-8)17-12(20)10-7-6-15-5-4-9(7)18-19-10;/h15H,3-6H2,1-2H3,(H,18,19)(H,16,17,20);1H. The normalized spacial score (nSPS) is 12.9. The van der Waals surface area contributed by atoms with Gasteiger partial charge in [0.05, 0.1) is 12.8 Å². The first-order valence-electron chi connectivity index (χ1n) is 7.30. The number of nitrogens with one attached hydrogen (secondary N) is 3. The molecule has 0 unspecified atom stereocenters. The lowest BCUT2D eigenvalue weighted by Crippen LogP contribution is -2.25. The Bertz CT molecular complexity index is 758. The third kappa shape index (κ3) is 3.42. The Morgan fingerprint density at radius 3 is 2.92 bits per heavy atom. The Hall–Kier alpha value is -1.97. The van der Waals surface area contributed by atoms with Crippen LogP contribution in [0.3, 0.4) is 0 Å². The van der Waals surface area contributed by atoms with Crippen LogP contribution in [-0.2, 0) is 24.1 Å². The molecule has 2 aromatic rings. The Morgan fingerprint density at radius 1 is 1.42 bits per heavy atom. The smallest absolute Gasteiger partial charge is 0.350 e. The van der Waals surface area contributed by atoms with Gasteiger partial charge in [-0.05, 0) is 6.42 Å². The maximum atomic E-state index is 12.4. The quantitative estimate of drug-likeness (QED) is 0.703. The molecule has 3 rings (SSSR count). The number of aromatic amines is 1. The number of carbonyl (C=O) groups excluding carboxylic acids is 2. The molecular weight excluding hydrogens is 354 g/mol. The second kappa shape index (κ2) is 7.73. The predicted octanol–water partition coefficient (Wildman–Crippen LogP) is 1.53. The van der Waals surface area contributed by atoms with Gasteiger partial charge in [-0.2, -0.15) is 5.10 Å². The lowest BCUT2D eigenvalue weighted by atomic mass is 10.1. The number of hydrogen-bond donors (Lipinski definition) is 3. The summed E-state index contributed by atoms with van der Waals surface area (Å²) in [5, 5.41) is 13.3. The number of fused-ring (bicyclic) bond motifs is 1. The fourth-order valence-corrected chi connectivity index (χ4v) is 3.43. The zero-order valence-corrected chi connectivity index (χ0v) is 14.9. The van der Waals surface area contributed by atoms with Crippen molar-refractivity contribution in [1.82, 2.24) is 20.5 Å². The van der Waals surface area contributed by atoms with Crippen LogP contribution in [0, 0.1) is 0 Å². The van der Waals surface area contributed by atoms with Gasteiger partial charge in [0.2, 0.25) is 0 Å². The van der Waals surface area contributed by atoms with E-state index in [4.69, 9.17) is 4.74 Å². The highest BCUT2D eigenvalue weighted by atomic mass is 35.5. The number of methoxy groups -OCH3 is 1. The summed E-state index contributed by atoms with van der Waals surface area (Å²) >= 11 is 1.11. The molecule has 0 radical (unpaired) electrons. The first-order chi connectivity index (χ1) is 11.1. The van der Waals surface area contributed by atoms with Gasteiger partial charge in [0.15, 0.2) is 10.8 Å². The first kappa shape index (κ1) is 18.4. The predicted molar refractivity (Wildman–Crippen MR) is 92.0 cm³/mol. The van der Waals surface area contributed by atoms with Crippen LogP contribution in [-0.4, -0.2) is 40.7 Å². The summed E-state index contributed by atoms with van der Waals surface area (Å²) in [5.41, 5.74) is 2.84. The lowest BCUT2D eigenvalue weighted by molar-refractivity contribution is 0.0604. The fourth-order valence-electron chi connectivity index (χ4n) is 2.47. The SMILES string of the molecule is CCc1nc(NC(=O)c2n[nH]c3c2CNCC3)sc1C(=O)OC.Cl. The van der Waals surface area contributed by atoms with Crippen molar-refractivity contribution in [3.05, 3.63) is 27.5 Å². The van der Waals surface area contributed by atoms with Crippen LogP contribution in [0.15, 0.2) is 0 Å². The van der Waals surface area contributed by atoms with Crippen molar-refractivity contribution in [3.8, 4) is 0 Å². The number of carbonyl (C=O) groups is 2. The third-order valence-electron chi connectivity index (χ3n) is 3.64. The number of anilines is 1. The summed E-state index contributed by atoms with van der Waals surface area (Å²) < 4.78 is 4.74. The molecule has 2 aromatic heterocycles. The molecule has 0 bridgehead atoms. The second-order valence-corrected chi connectivity index (χ2v) is 6.05. The van der Waals surface area contributed by atoms with Crippen molar-refractivity contribution in [3.63, 3.8) is 0 Å². The van der Waals surface area contributed by atoms with Crippen LogP contribution in [0.4, 0.5) is 5.13 Å². The monoisotopic (exact) mass is 371 g/mol. The van der Waals surface area contributed by atoms with E-state index < -0.39 is 5.97 Å². The van der Waals surface area contributed by atoms with E-state index in [0.29, 0.717) is 34.4 Å². The maximum absolute atomic E-state index is 12.4. The van der Waals surface area contributed by atoms with E-state index in [2.05, 4.69) is 25.8 Å². The number of H-pyrrole nitrogens is 1. The van der Waals surface area contributed by atoms with Gasteiger partial charge in [0.25, 0.3) is 5.91 Å². The van der Waals surface area contributed by atoms with Gasteiger partial charge < -0.3 is 10.1 Å². The fraction of sp³-hybridized carbons (Fsp3) is 0.429. The molecule has 8 nitrogen and oxygen atoms in total. The summed E-state index contributed by atoms with van der Waals surface area (Å²) in [6.07, 6.45) is 1.40. The zero-order chi connectivity index (χ0) is 16.4. The number of esters is 1. The Morgan fingerprint density at radius 2 is 2.21 bits per heavy atom. The van der Waals surface area contributed by atoms with Crippen LogP contribution in [0.5, 0.6) is 0 Å². The molecule has 3 heterocycles. The first-order valence-corrected chi connectivity index (χ1v) is 8.11. The molecule has 1 aliphatic heterocycles. The zero-order valence-electron chi connectivity index (χ0n) is 13.3. The number of rotatable bonds is 4. The maximum Gasteiger partial charge on any atom is 0.350 e. The van der Waals surface area contributed by atoms with Crippen LogP contribution in [0.1, 0.15) is 44.0 Å². The molecule has 24 heavy (non-hydrogen) atoms. The van der Waals surface area contributed by atoms with Crippen LogP contribution in [0.2, 0.25) is 0 Å². The van der Waals surface area contributed by atoms with Crippen LogP contribution in [0.25, 0.3) is 0 Å². The van der Waals surface area contributed by atoms with E-state index >= 15 is 0 Å². The molecule has 0 spiro atoms. The minimum absolute atomic E-state index is 0. The van der Waals surface area contributed by atoms with Crippen molar-refractivity contribution >= 4 is 40.8 Å². The average Bonchev–Trinajstić information content (AvgIpc) is 3.17. The van der Waals surface area contributed by atoms with Crippen LogP contribution >= 0.6 is 23.7 Å². The number of thiazole rings is 1. The van der Waals surface area contributed by atoms with Crippen molar-refractivity contribution in [2.45, 2.75) is 26.3 Å². The minimum atomic E-state index is -0.443. The number of amides is 1. The molecule has 0 atom stereocenters. The Labute approximate surface area is 148 Å². The van der Waals surface area contributed by atoms with Crippen molar-refractivity contribution in [2.75, 3.05) is 19.0 Å². The summed E-state index contributed by atoms with van der Waals surface area (Å²) in [6.45, 7) is 3.37. The van der Waals surface area contributed by atoms with Gasteiger partial charge >= 0.3 is 5.97 Å². The summed E-state index contributed by atoms with van der Waals surface area (Å²) in [6, 6.07) is 0. The highest BCUT2D eigenvalue weighted by molar-refractivity contribution is 7.17. The van der Waals surface area contributed by atoms with Crippen molar-refractivity contribution in [2.24, 2.45) is 0 Å². The van der Waals surface area contributed by atoms with E-state index in [1.54, 1.807) is 0 Å². The lowest BCUT2D eigenvalue weighted by Gasteiger charge is -2.12. The van der Waals surface area contributed by atoms with Gasteiger partial charge in [-0.25, -0.2) is 9.78 Å². The number of aryl methyl sites for hydroxylation is 1. The van der Waals surface area contributed by atoms with E-state index in [-0.39, 0.29) is 18.3 Å². The second-order valence-electron chi connectivity index (χ2n) is 5.05. The Kier molecular flexibility index (Phi) is 5.92. The van der Waals surface area contributed by atoms with E-state index in [1.807, 2.05) is 6.92 Å². The van der Waals surface area contributed by atoms with Gasteiger partial charge in [-0.1, -0.05) is 18.3 Å². The summed E-state index contributed by atoms with van der Waals surface area (Å²) in [5.74, 6) is -0.778.